The standard InChI is InChI=1S/C10H13Cl5/c1-6(2)7(3)4-5-8(6,11)10(14,15)9(7,12)13/h4-5H2,1-3H3. The molecule has 0 saturated heterocycles. The zero-order chi connectivity index (χ0) is 11.9. The molecule has 0 aliphatic heterocycles. The summed E-state index contributed by atoms with van der Waals surface area (Å²) in [5.74, 6) is 0. The van der Waals surface area contributed by atoms with Gasteiger partial charge in [0.2, 0.25) is 0 Å². The van der Waals surface area contributed by atoms with Crippen molar-refractivity contribution in [1.29, 1.82) is 0 Å². The molecule has 0 amide bonds. The summed E-state index contributed by atoms with van der Waals surface area (Å²) in [6.45, 7) is 6.10. The van der Waals surface area contributed by atoms with Gasteiger partial charge in [-0.25, -0.2) is 0 Å². The van der Waals surface area contributed by atoms with Gasteiger partial charge in [0.25, 0.3) is 0 Å². The van der Waals surface area contributed by atoms with Crippen LogP contribution in [0, 0.1) is 10.8 Å². The topological polar surface area (TPSA) is 0 Å². The van der Waals surface area contributed by atoms with Gasteiger partial charge in [-0.3, -0.25) is 0 Å². The van der Waals surface area contributed by atoms with Crippen molar-refractivity contribution >= 4 is 58.0 Å². The van der Waals surface area contributed by atoms with Gasteiger partial charge in [-0.15, -0.1) is 11.6 Å². The lowest BCUT2D eigenvalue weighted by molar-refractivity contribution is 0.151. The molecule has 2 fully saturated rings. The maximum atomic E-state index is 6.62. The Bertz CT molecular complexity index is 273. The molecule has 2 aliphatic carbocycles. The monoisotopic (exact) mass is 308 g/mol. The lowest BCUT2D eigenvalue weighted by Crippen LogP contribution is -2.52. The molecule has 2 atom stereocenters. The van der Waals surface area contributed by atoms with E-state index in [1.165, 1.54) is 0 Å². The van der Waals surface area contributed by atoms with Crippen molar-refractivity contribution in [1.82, 2.24) is 0 Å². The maximum Gasteiger partial charge on any atom is 0.171 e. The van der Waals surface area contributed by atoms with Gasteiger partial charge in [0.15, 0.2) is 8.67 Å². The van der Waals surface area contributed by atoms with E-state index in [9.17, 15) is 0 Å². The molecule has 2 aliphatic rings. The zero-order valence-corrected chi connectivity index (χ0v) is 12.6. The average Bonchev–Trinajstić information content (AvgIpc) is 2.29. The second-order valence-corrected chi connectivity index (χ2v) is 8.71. The zero-order valence-electron chi connectivity index (χ0n) is 8.80. The van der Waals surface area contributed by atoms with Gasteiger partial charge in [0.1, 0.15) is 0 Å². The maximum absolute atomic E-state index is 6.62. The lowest BCUT2D eigenvalue weighted by Gasteiger charge is -2.44. The number of hydrogen-bond donors (Lipinski definition) is 0. The molecule has 15 heavy (non-hydrogen) atoms. The van der Waals surface area contributed by atoms with Gasteiger partial charge in [0.05, 0.1) is 4.87 Å². The van der Waals surface area contributed by atoms with Crippen LogP contribution in [-0.2, 0) is 0 Å². The number of halogens is 5. The third-order valence-corrected chi connectivity index (χ3v) is 9.06. The van der Waals surface area contributed by atoms with Gasteiger partial charge < -0.3 is 0 Å². The number of alkyl halides is 5. The molecule has 5 heteroatoms. The average molecular weight is 310 g/mol. The molecule has 88 valence electrons. The molecule has 0 heterocycles. The first-order valence-corrected chi connectivity index (χ1v) is 6.79. The van der Waals surface area contributed by atoms with Gasteiger partial charge in [-0.05, 0) is 18.3 Å². The van der Waals surface area contributed by atoms with Crippen molar-refractivity contribution in [3.8, 4) is 0 Å². The van der Waals surface area contributed by atoms with E-state index in [0.717, 1.165) is 12.8 Å². The fraction of sp³-hybridized carbons (Fsp3) is 1.00. The fourth-order valence-electron chi connectivity index (χ4n) is 3.18. The summed E-state index contributed by atoms with van der Waals surface area (Å²) >= 11 is 32.1. The van der Waals surface area contributed by atoms with E-state index in [1.54, 1.807) is 0 Å². The Morgan fingerprint density at radius 1 is 0.733 bits per heavy atom. The molecule has 0 aromatic heterocycles. The molecule has 2 rings (SSSR count). The Morgan fingerprint density at radius 2 is 1.20 bits per heavy atom. The molecule has 0 radical (unpaired) electrons. The highest BCUT2D eigenvalue weighted by atomic mass is 35.5. The molecular weight excluding hydrogens is 297 g/mol. The molecule has 2 bridgehead atoms. The van der Waals surface area contributed by atoms with Crippen LogP contribution in [0.25, 0.3) is 0 Å². The molecule has 0 aromatic rings. The minimum Gasteiger partial charge on any atom is -0.115 e. The van der Waals surface area contributed by atoms with E-state index in [0.29, 0.717) is 0 Å². The second-order valence-electron chi connectivity index (χ2n) is 5.41. The summed E-state index contributed by atoms with van der Waals surface area (Å²) in [4.78, 5) is -0.763. The van der Waals surface area contributed by atoms with Crippen LogP contribution in [0.1, 0.15) is 33.6 Å². The van der Waals surface area contributed by atoms with Crippen molar-refractivity contribution < 1.29 is 0 Å². The van der Waals surface area contributed by atoms with Crippen LogP contribution in [0.2, 0.25) is 0 Å². The van der Waals surface area contributed by atoms with Crippen molar-refractivity contribution in [3.05, 3.63) is 0 Å². The Morgan fingerprint density at radius 3 is 1.40 bits per heavy atom. The number of rotatable bonds is 0. The van der Waals surface area contributed by atoms with Gasteiger partial charge >= 0.3 is 0 Å². The second kappa shape index (κ2) is 2.88. The predicted octanol–water partition coefficient (Wildman–Crippen LogP) is 5.15. The Labute approximate surface area is 116 Å². The summed E-state index contributed by atoms with van der Waals surface area (Å²) in [6.07, 6.45) is 1.59. The molecule has 0 N–H and O–H groups in total. The van der Waals surface area contributed by atoms with Crippen molar-refractivity contribution in [2.75, 3.05) is 0 Å². The van der Waals surface area contributed by atoms with Gasteiger partial charge in [-0.2, -0.15) is 0 Å². The van der Waals surface area contributed by atoms with Crippen LogP contribution in [0.3, 0.4) is 0 Å². The third-order valence-electron chi connectivity index (χ3n) is 4.92. The molecule has 2 saturated carbocycles. The SMILES string of the molecule is CC1(C)C2(C)CCC1(Cl)C(Cl)(Cl)C2(Cl)Cl. The van der Waals surface area contributed by atoms with E-state index >= 15 is 0 Å². The van der Waals surface area contributed by atoms with E-state index in [-0.39, 0.29) is 10.8 Å². The van der Waals surface area contributed by atoms with Crippen molar-refractivity contribution in [2.24, 2.45) is 10.8 Å². The van der Waals surface area contributed by atoms with Gasteiger partial charge in [0, 0.05) is 5.41 Å². The first-order valence-electron chi connectivity index (χ1n) is 4.90. The third kappa shape index (κ3) is 0.978. The first-order chi connectivity index (χ1) is 6.46. The highest BCUT2D eigenvalue weighted by Gasteiger charge is 2.85. The predicted molar refractivity (Wildman–Crippen MR) is 68.6 cm³/mol. The van der Waals surface area contributed by atoms with E-state index in [2.05, 4.69) is 0 Å². The minimum atomic E-state index is -1.32. The van der Waals surface area contributed by atoms with E-state index < -0.39 is 13.5 Å². The van der Waals surface area contributed by atoms with Crippen molar-refractivity contribution in [3.63, 3.8) is 0 Å². The quantitative estimate of drug-likeness (QED) is 0.543. The Balaban J connectivity index is 2.73. The summed E-state index contributed by atoms with van der Waals surface area (Å²) < 4.78 is -2.53. The highest BCUT2D eigenvalue weighted by molar-refractivity contribution is 6.66. The molecule has 0 aromatic carbocycles. The first kappa shape index (κ1) is 12.9. The van der Waals surface area contributed by atoms with Crippen LogP contribution in [0.15, 0.2) is 0 Å². The van der Waals surface area contributed by atoms with Crippen LogP contribution < -0.4 is 0 Å². The molecule has 0 spiro atoms. The Kier molecular flexibility index (Phi) is 2.48. The van der Waals surface area contributed by atoms with Crippen molar-refractivity contribution in [2.45, 2.75) is 47.2 Å². The lowest BCUT2D eigenvalue weighted by atomic mass is 9.70. The van der Waals surface area contributed by atoms with E-state index in [4.69, 9.17) is 58.0 Å². The Hall–Kier alpha value is 1.45. The fourth-order valence-corrected chi connectivity index (χ4v) is 5.78. The minimum absolute atomic E-state index is 0.297. The van der Waals surface area contributed by atoms with Crippen LogP contribution in [-0.4, -0.2) is 13.5 Å². The molecule has 0 nitrogen and oxygen atoms in total. The molecule has 2 unspecified atom stereocenters. The summed E-state index contributed by atoms with van der Waals surface area (Å²) in [6, 6.07) is 0. The molecular formula is C10H13Cl5. The summed E-state index contributed by atoms with van der Waals surface area (Å²) in [7, 11) is 0. The largest absolute Gasteiger partial charge is 0.171 e. The smallest absolute Gasteiger partial charge is 0.115 e. The van der Waals surface area contributed by atoms with Gasteiger partial charge in [-0.1, -0.05) is 67.2 Å². The highest BCUT2D eigenvalue weighted by Crippen LogP contribution is 2.82. The van der Waals surface area contributed by atoms with Crippen LogP contribution in [0.4, 0.5) is 0 Å². The summed E-state index contributed by atoms with van der Waals surface area (Å²) in [5, 5.41) is 0. The number of hydrogen-bond acceptors (Lipinski definition) is 0. The number of fused-ring (bicyclic) bond motifs is 2. The summed E-state index contributed by atoms with van der Waals surface area (Å²) in [5.41, 5.74) is -0.664. The van der Waals surface area contributed by atoms with Crippen LogP contribution in [0.5, 0.6) is 0 Å². The van der Waals surface area contributed by atoms with Crippen LogP contribution >= 0.6 is 58.0 Å². The normalized spacial score (nSPS) is 49.6. The van der Waals surface area contributed by atoms with E-state index in [1.807, 2.05) is 20.8 Å².